The highest BCUT2D eigenvalue weighted by atomic mass is 15.2. The van der Waals surface area contributed by atoms with Crippen LogP contribution in [-0.2, 0) is 0 Å². The molecule has 0 radical (unpaired) electrons. The fourth-order valence-corrected chi connectivity index (χ4v) is 1.65. The van der Waals surface area contributed by atoms with Crippen molar-refractivity contribution in [1.29, 1.82) is 0 Å². The summed E-state index contributed by atoms with van der Waals surface area (Å²) in [7, 11) is 2.15. The van der Waals surface area contributed by atoms with Crippen molar-refractivity contribution in [3.63, 3.8) is 0 Å². The molecule has 1 atom stereocenters. The molecule has 1 saturated heterocycles. The first-order valence-electron chi connectivity index (χ1n) is 4.98. The summed E-state index contributed by atoms with van der Waals surface area (Å²) in [6.45, 7) is 4.89. The van der Waals surface area contributed by atoms with Gasteiger partial charge in [0.05, 0.1) is 6.54 Å². The molecule has 0 saturated carbocycles. The molecule has 0 spiro atoms. The van der Waals surface area contributed by atoms with Gasteiger partial charge in [-0.2, -0.15) is 0 Å². The highest BCUT2D eigenvalue weighted by Crippen LogP contribution is 2.14. The van der Waals surface area contributed by atoms with Gasteiger partial charge in [0, 0.05) is 12.6 Å². The Bertz CT molecular complexity index is 178. The summed E-state index contributed by atoms with van der Waals surface area (Å²) in [5.74, 6) is 0.572. The molecule has 1 heterocycles. The Hall–Kier alpha value is -0.770. The van der Waals surface area contributed by atoms with E-state index in [-0.39, 0.29) is 0 Å². The number of nitrogens with one attached hydrogen (secondary N) is 1. The van der Waals surface area contributed by atoms with Gasteiger partial charge >= 0.3 is 0 Å². The van der Waals surface area contributed by atoms with E-state index in [0.29, 0.717) is 12.0 Å². The van der Waals surface area contributed by atoms with E-state index in [1.54, 1.807) is 0 Å². The number of hydrogen-bond donors (Lipinski definition) is 2. The van der Waals surface area contributed by atoms with Crippen LogP contribution in [-0.4, -0.2) is 43.6 Å². The normalized spacial score (nSPS) is 25.1. The molecular weight excluding hydrogens is 164 g/mol. The summed E-state index contributed by atoms with van der Waals surface area (Å²) in [6, 6.07) is 0.595. The van der Waals surface area contributed by atoms with Crippen LogP contribution in [0.3, 0.4) is 0 Å². The zero-order valence-corrected chi connectivity index (χ0v) is 8.58. The van der Waals surface area contributed by atoms with E-state index in [1.807, 2.05) is 6.92 Å². The molecule has 0 bridgehead atoms. The third-order valence-electron chi connectivity index (χ3n) is 2.50. The molecule has 0 aromatic rings. The van der Waals surface area contributed by atoms with E-state index in [2.05, 4.69) is 22.3 Å². The van der Waals surface area contributed by atoms with Crippen LogP contribution in [0.15, 0.2) is 4.99 Å². The minimum absolute atomic E-state index is 0.572. The molecule has 1 aliphatic rings. The van der Waals surface area contributed by atoms with Crippen molar-refractivity contribution in [2.45, 2.75) is 25.8 Å². The van der Waals surface area contributed by atoms with Gasteiger partial charge in [0.25, 0.3) is 0 Å². The van der Waals surface area contributed by atoms with Crippen LogP contribution in [0, 0.1) is 0 Å². The summed E-state index contributed by atoms with van der Waals surface area (Å²) < 4.78 is 0. The average Bonchev–Trinajstić information content (AvgIpc) is 2.48. The Morgan fingerprint density at radius 1 is 1.69 bits per heavy atom. The van der Waals surface area contributed by atoms with Crippen LogP contribution in [0.25, 0.3) is 0 Å². The lowest BCUT2D eigenvalue weighted by Gasteiger charge is -2.17. The lowest BCUT2D eigenvalue weighted by Crippen LogP contribution is -2.34. The van der Waals surface area contributed by atoms with E-state index in [9.17, 15) is 0 Å². The average molecular weight is 184 g/mol. The second kappa shape index (κ2) is 5.07. The van der Waals surface area contributed by atoms with E-state index in [4.69, 9.17) is 5.73 Å². The number of nitrogens with zero attached hydrogens (tertiary/aromatic N) is 2. The van der Waals surface area contributed by atoms with Crippen molar-refractivity contribution in [2.24, 2.45) is 10.7 Å². The molecule has 1 aliphatic heterocycles. The molecule has 13 heavy (non-hydrogen) atoms. The zero-order chi connectivity index (χ0) is 9.68. The first-order valence-corrected chi connectivity index (χ1v) is 4.98. The maximum Gasteiger partial charge on any atom is 0.188 e. The second-order valence-electron chi connectivity index (χ2n) is 3.53. The van der Waals surface area contributed by atoms with Crippen molar-refractivity contribution in [3.8, 4) is 0 Å². The maximum atomic E-state index is 5.63. The van der Waals surface area contributed by atoms with Crippen molar-refractivity contribution in [1.82, 2.24) is 10.2 Å². The van der Waals surface area contributed by atoms with Gasteiger partial charge in [0.15, 0.2) is 5.96 Å². The molecule has 1 fully saturated rings. The Morgan fingerprint density at radius 3 is 3.00 bits per heavy atom. The van der Waals surface area contributed by atoms with Gasteiger partial charge in [-0.1, -0.05) is 0 Å². The minimum atomic E-state index is 0.572. The number of hydrogen-bond acceptors (Lipinski definition) is 2. The lowest BCUT2D eigenvalue weighted by molar-refractivity contribution is 0.317. The highest BCUT2D eigenvalue weighted by Gasteiger charge is 2.19. The number of rotatable bonds is 3. The van der Waals surface area contributed by atoms with Crippen LogP contribution in [0.1, 0.15) is 19.8 Å². The third kappa shape index (κ3) is 3.22. The smallest absolute Gasteiger partial charge is 0.188 e. The standard InChI is InChI=1S/C9H20N4/c1-3-11-9(10)12-7-8-5-4-6-13(8)2/h8H,3-7H2,1-2H3,(H3,10,11,12). The number of guanidine groups is 1. The second-order valence-corrected chi connectivity index (χ2v) is 3.53. The van der Waals surface area contributed by atoms with Crippen molar-refractivity contribution in [2.75, 3.05) is 26.7 Å². The SMILES string of the molecule is CCNC(N)=NCC1CCCN1C. The maximum absolute atomic E-state index is 5.63. The van der Waals surface area contributed by atoms with Crippen LogP contribution in [0.2, 0.25) is 0 Å². The Morgan fingerprint density at radius 2 is 2.46 bits per heavy atom. The third-order valence-corrected chi connectivity index (χ3v) is 2.50. The first kappa shape index (κ1) is 10.3. The lowest BCUT2D eigenvalue weighted by atomic mass is 10.2. The Balaban J connectivity index is 2.27. The zero-order valence-electron chi connectivity index (χ0n) is 8.58. The van der Waals surface area contributed by atoms with Gasteiger partial charge in [0.2, 0.25) is 0 Å². The van der Waals surface area contributed by atoms with E-state index >= 15 is 0 Å². The van der Waals surface area contributed by atoms with Gasteiger partial charge in [-0.15, -0.1) is 0 Å². The minimum Gasteiger partial charge on any atom is -0.370 e. The molecule has 1 unspecified atom stereocenters. The predicted octanol–water partition coefficient (Wildman–Crippen LogP) is 0.00480. The molecule has 4 heteroatoms. The van der Waals surface area contributed by atoms with Crippen LogP contribution >= 0.6 is 0 Å². The van der Waals surface area contributed by atoms with E-state index in [0.717, 1.165) is 13.1 Å². The van der Waals surface area contributed by atoms with E-state index in [1.165, 1.54) is 19.4 Å². The van der Waals surface area contributed by atoms with Crippen molar-refractivity contribution >= 4 is 5.96 Å². The monoisotopic (exact) mass is 184 g/mol. The fourth-order valence-electron chi connectivity index (χ4n) is 1.65. The Labute approximate surface area is 80.2 Å². The predicted molar refractivity (Wildman–Crippen MR) is 55.8 cm³/mol. The molecule has 0 aromatic carbocycles. The Kier molecular flexibility index (Phi) is 4.02. The molecule has 0 aromatic heterocycles. The van der Waals surface area contributed by atoms with Gasteiger partial charge in [-0.25, -0.2) is 0 Å². The van der Waals surface area contributed by atoms with Gasteiger partial charge < -0.3 is 16.0 Å². The molecule has 3 N–H and O–H groups in total. The number of nitrogens with two attached hydrogens (primary N) is 1. The first-order chi connectivity index (χ1) is 6.24. The number of aliphatic imine (C=N–C) groups is 1. The summed E-state index contributed by atoms with van der Waals surface area (Å²) in [4.78, 5) is 6.64. The molecule has 0 amide bonds. The summed E-state index contributed by atoms with van der Waals surface area (Å²) in [5.41, 5.74) is 5.63. The van der Waals surface area contributed by atoms with Crippen LogP contribution < -0.4 is 11.1 Å². The molecular formula is C9H20N4. The van der Waals surface area contributed by atoms with Crippen LogP contribution in [0.5, 0.6) is 0 Å². The summed E-state index contributed by atoms with van der Waals surface area (Å²) in [5, 5.41) is 2.99. The largest absolute Gasteiger partial charge is 0.370 e. The number of likely N-dealkylation sites (tertiary alicyclic amines) is 1. The van der Waals surface area contributed by atoms with Crippen molar-refractivity contribution in [3.05, 3.63) is 0 Å². The van der Waals surface area contributed by atoms with Gasteiger partial charge in [-0.05, 0) is 33.4 Å². The summed E-state index contributed by atoms with van der Waals surface area (Å²) >= 11 is 0. The molecule has 0 aliphatic carbocycles. The highest BCUT2D eigenvalue weighted by molar-refractivity contribution is 5.77. The quantitative estimate of drug-likeness (QED) is 0.480. The topological polar surface area (TPSA) is 53.6 Å². The van der Waals surface area contributed by atoms with Gasteiger partial charge in [0.1, 0.15) is 0 Å². The molecule has 4 nitrogen and oxygen atoms in total. The number of likely N-dealkylation sites (N-methyl/N-ethyl adjacent to an activating group) is 1. The van der Waals surface area contributed by atoms with Crippen LogP contribution in [0.4, 0.5) is 0 Å². The summed E-state index contributed by atoms with van der Waals surface area (Å²) in [6.07, 6.45) is 2.54. The fraction of sp³-hybridized carbons (Fsp3) is 0.889. The molecule has 1 rings (SSSR count). The van der Waals surface area contributed by atoms with Gasteiger partial charge in [-0.3, -0.25) is 4.99 Å². The van der Waals surface area contributed by atoms with Crippen molar-refractivity contribution < 1.29 is 0 Å². The van der Waals surface area contributed by atoms with E-state index < -0.39 is 0 Å². The molecule has 76 valence electrons.